The molecule has 1 fully saturated rings. The van der Waals surface area contributed by atoms with Crippen LogP contribution >= 0.6 is 24.0 Å². The maximum absolute atomic E-state index is 14.0. The highest BCUT2D eigenvalue weighted by molar-refractivity contribution is 7.96. The molecule has 10 nitrogen and oxygen atoms in total. The highest BCUT2D eigenvalue weighted by Crippen LogP contribution is 2.23. The normalized spacial score (nSPS) is 18.1. The lowest BCUT2D eigenvalue weighted by Crippen LogP contribution is -2.63. The molecule has 1 aliphatic rings. The summed E-state index contributed by atoms with van der Waals surface area (Å²) >= 11 is 5.67. The summed E-state index contributed by atoms with van der Waals surface area (Å²) in [6.07, 6.45) is -0.607. The molecule has 0 bridgehead atoms. The summed E-state index contributed by atoms with van der Waals surface area (Å²) in [6.45, 7) is 15.8. The van der Waals surface area contributed by atoms with E-state index in [1.807, 2.05) is 75.2 Å². The van der Waals surface area contributed by atoms with Crippen molar-refractivity contribution in [3.05, 3.63) is 52.0 Å². The lowest BCUT2D eigenvalue weighted by molar-refractivity contribution is -0.131. The molecule has 1 aliphatic heterocycles. The third-order valence-electron chi connectivity index (χ3n) is 7.54. The van der Waals surface area contributed by atoms with Crippen molar-refractivity contribution in [1.82, 2.24) is 30.7 Å². The second kappa shape index (κ2) is 16.2. The highest BCUT2D eigenvalue weighted by atomic mass is 32.1. The zero-order chi connectivity index (χ0) is 32.6. The Labute approximate surface area is 271 Å². The predicted octanol–water partition coefficient (Wildman–Crippen LogP) is 3.42. The Kier molecular flexibility index (Phi) is 13.2. The van der Waals surface area contributed by atoms with Crippen LogP contribution in [-0.2, 0) is 22.6 Å². The molecule has 1 aromatic heterocycles. The number of rotatable bonds is 13. The molecule has 3 amide bonds. The molecule has 0 aliphatic carbocycles. The van der Waals surface area contributed by atoms with E-state index in [2.05, 4.69) is 47.4 Å². The van der Waals surface area contributed by atoms with E-state index in [1.165, 1.54) is 16.2 Å². The Bertz CT molecular complexity index is 1230. The van der Waals surface area contributed by atoms with Gasteiger partial charge in [0.1, 0.15) is 12.1 Å². The minimum atomic E-state index is -0.984. The number of aromatic nitrogens is 1. The minimum absolute atomic E-state index is 0.106. The molecule has 0 saturated carbocycles. The number of thiol groups is 1. The first-order chi connectivity index (χ1) is 20.7. The van der Waals surface area contributed by atoms with Gasteiger partial charge < -0.3 is 26.0 Å². The largest absolute Gasteiger partial charge is 0.390 e. The fraction of sp³-hybridized carbons (Fsp3) is 0.625. The van der Waals surface area contributed by atoms with Gasteiger partial charge in [0.05, 0.1) is 29.4 Å². The molecule has 44 heavy (non-hydrogen) atoms. The number of hydrogen-bond acceptors (Lipinski definition) is 8. The molecule has 2 heterocycles. The summed E-state index contributed by atoms with van der Waals surface area (Å²) in [5, 5.41) is 23.4. The molecule has 4 atom stereocenters. The third kappa shape index (κ3) is 10.5. The lowest BCUT2D eigenvalue weighted by Gasteiger charge is -2.39. The Morgan fingerprint density at radius 1 is 1.18 bits per heavy atom. The maximum Gasteiger partial charge on any atom is 0.279 e. The summed E-state index contributed by atoms with van der Waals surface area (Å²) in [5.74, 6) is -0.453. The number of hydrogen-bond donors (Lipinski definition) is 5. The molecule has 0 radical (unpaired) electrons. The van der Waals surface area contributed by atoms with Gasteiger partial charge in [0.2, 0.25) is 11.8 Å². The molecule has 2 aromatic rings. The van der Waals surface area contributed by atoms with Gasteiger partial charge >= 0.3 is 0 Å². The molecular weight excluding hydrogens is 597 g/mol. The van der Waals surface area contributed by atoms with E-state index in [0.29, 0.717) is 31.7 Å². The van der Waals surface area contributed by atoms with Crippen molar-refractivity contribution in [2.24, 2.45) is 5.92 Å². The van der Waals surface area contributed by atoms with E-state index in [0.717, 1.165) is 10.6 Å². The molecule has 0 unspecified atom stereocenters. The van der Waals surface area contributed by atoms with Crippen molar-refractivity contribution in [3.63, 3.8) is 0 Å². The molecular formula is C32H50N6O4S2. The number of nitrogens with zero attached hydrogens (tertiary/aromatic N) is 3. The average molecular weight is 647 g/mol. The van der Waals surface area contributed by atoms with Crippen LogP contribution in [0.15, 0.2) is 35.7 Å². The molecule has 0 spiro atoms. The molecule has 3 rings (SSSR count). The predicted molar refractivity (Wildman–Crippen MR) is 179 cm³/mol. The van der Waals surface area contributed by atoms with Crippen molar-refractivity contribution in [1.29, 1.82) is 0 Å². The maximum atomic E-state index is 14.0. The first-order valence-electron chi connectivity index (χ1n) is 15.4. The summed E-state index contributed by atoms with van der Waals surface area (Å²) in [5.41, 5.74) is 1.27. The van der Waals surface area contributed by atoms with E-state index in [1.54, 1.807) is 0 Å². The number of thiazole rings is 1. The van der Waals surface area contributed by atoms with E-state index < -0.39 is 29.5 Å². The van der Waals surface area contributed by atoms with Gasteiger partial charge in [0.25, 0.3) is 5.24 Å². The smallest absolute Gasteiger partial charge is 0.279 e. The quantitative estimate of drug-likeness (QED) is 0.211. The Hall–Kier alpha value is -2.51. The van der Waals surface area contributed by atoms with Gasteiger partial charge in [0, 0.05) is 43.0 Å². The number of carbonyl (C=O) groups is 3. The van der Waals surface area contributed by atoms with E-state index in [-0.39, 0.29) is 42.3 Å². The number of carbonyl (C=O) groups excluding carboxylic acids is 3. The molecule has 12 heteroatoms. The van der Waals surface area contributed by atoms with Gasteiger partial charge in [-0.2, -0.15) is 0 Å². The van der Waals surface area contributed by atoms with Gasteiger partial charge in [-0.05, 0) is 38.7 Å². The number of amides is 3. The number of benzene rings is 1. The number of nitrogens with one attached hydrogen (secondary N) is 3. The summed E-state index contributed by atoms with van der Waals surface area (Å²) < 4.78 is 0. The van der Waals surface area contributed by atoms with Crippen molar-refractivity contribution >= 4 is 41.0 Å². The van der Waals surface area contributed by atoms with Crippen LogP contribution in [0.25, 0.3) is 0 Å². The van der Waals surface area contributed by atoms with Gasteiger partial charge in [-0.1, -0.05) is 70.7 Å². The van der Waals surface area contributed by atoms with E-state index in [9.17, 15) is 19.5 Å². The zero-order valence-electron chi connectivity index (χ0n) is 27.0. The van der Waals surface area contributed by atoms with Crippen molar-refractivity contribution in [2.75, 3.05) is 26.2 Å². The van der Waals surface area contributed by atoms with E-state index >= 15 is 0 Å². The summed E-state index contributed by atoms with van der Waals surface area (Å²) in [7, 11) is 0. The highest BCUT2D eigenvalue weighted by Gasteiger charge is 2.37. The third-order valence-corrected chi connectivity index (χ3v) is 9.00. The standard InChI is InChI=1S/C32H50N6O4S2/c1-20(2)27(38(31(42)43)17-23-19-44-30(34-23)21(3)4)29(41)35-24(15-22-11-9-8-10-12-22)26(39)18-37-14-13-33-16-25(37)28(40)36-32(5,6)7/h8-12,19-21,24-27,33,39H,13-18H2,1-7H3,(H,35,41)(H,36,40)(H,42,43)/t24-,25-,26+,27-/m0/s1. The fourth-order valence-electron chi connectivity index (χ4n) is 5.39. The van der Waals surface area contributed by atoms with Crippen molar-refractivity contribution in [3.8, 4) is 0 Å². The molecule has 244 valence electrons. The lowest BCUT2D eigenvalue weighted by atomic mass is 9.97. The van der Waals surface area contributed by atoms with Gasteiger partial charge in [-0.3, -0.25) is 19.3 Å². The first kappa shape index (κ1) is 36.0. The SMILES string of the molecule is CC(C)c1nc(CN(C(=O)S)[C@H](C(=O)N[C@@H](Cc2ccccc2)[C@H](O)CN2CCNC[C@H]2C(=O)NC(C)(C)C)C(C)C)cs1. The number of aliphatic hydroxyl groups excluding tert-OH is 1. The molecule has 4 N–H and O–H groups in total. The average Bonchev–Trinajstić information content (AvgIpc) is 3.41. The Morgan fingerprint density at radius 3 is 2.43 bits per heavy atom. The van der Waals surface area contributed by atoms with Crippen LogP contribution in [-0.4, -0.2) is 92.9 Å². The minimum Gasteiger partial charge on any atom is -0.390 e. The van der Waals surface area contributed by atoms with Gasteiger partial charge in [-0.25, -0.2) is 4.98 Å². The number of piperazine rings is 1. The van der Waals surface area contributed by atoms with E-state index in [4.69, 9.17) is 0 Å². The van der Waals surface area contributed by atoms with Crippen molar-refractivity contribution < 1.29 is 19.5 Å². The van der Waals surface area contributed by atoms with Crippen LogP contribution in [0.5, 0.6) is 0 Å². The zero-order valence-corrected chi connectivity index (χ0v) is 28.8. The van der Waals surface area contributed by atoms with Crippen LogP contribution < -0.4 is 16.0 Å². The van der Waals surface area contributed by atoms with Crippen LogP contribution in [0.4, 0.5) is 4.79 Å². The van der Waals surface area contributed by atoms with Crippen LogP contribution in [0.2, 0.25) is 0 Å². The first-order valence-corrected chi connectivity index (χ1v) is 16.7. The molecule has 1 saturated heterocycles. The fourth-order valence-corrected chi connectivity index (χ4v) is 6.41. The Morgan fingerprint density at radius 2 is 1.86 bits per heavy atom. The van der Waals surface area contributed by atoms with Gasteiger partial charge in [0.15, 0.2) is 0 Å². The van der Waals surface area contributed by atoms with Crippen molar-refractivity contribution in [2.45, 2.75) is 97.1 Å². The number of β-amino-alcohol motifs (C(OH)–C–C–N with tert-alkyl or cyclic N) is 1. The van der Waals surface area contributed by atoms with Gasteiger partial charge in [-0.15, -0.1) is 11.3 Å². The Balaban J connectivity index is 1.84. The number of aliphatic hydroxyl groups is 1. The second-order valence-corrected chi connectivity index (χ2v) is 14.5. The van der Waals surface area contributed by atoms with Crippen LogP contribution in [0, 0.1) is 5.92 Å². The van der Waals surface area contributed by atoms with Crippen LogP contribution in [0.3, 0.4) is 0 Å². The summed E-state index contributed by atoms with van der Waals surface area (Å²) in [4.78, 5) is 48.0. The van der Waals surface area contributed by atoms with Crippen LogP contribution in [0.1, 0.15) is 70.6 Å². The second-order valence-electron chi connectivity index (χ2n) is 13.3. The molecule has 1 aromatic carbocycles. The monoisotopic (exact) mass is 646 g/mol. The summed E-state index contributed by atoms with van der Waals surface area (Å²) in [6, 6.07) is 7.70. The topological polar surface area (TPSA) is 127 Å².